The SMILES string of the molecule is CN=Cc1c(N)nc(-c2cccnc2)nc1Oc1ccc(Cl)c(C(=O)Nc2ccc(CN3CCN(C)CC3)c(C(F)(F)F)c2)c1. The topological polar surface area (TPSA) is 122 Å². The lowest BCUT2D eigenvalue weighted by Gasteiger charge is -2.33. The summed E-state index contributed by atoms with van der Waals surface area (Å²) in [7, 11) is 3.53. The van der Waals surface area contributed by atoms with Gasteiger partial charge in [0, 0.05) is 69.6 Å². The predicted molar refractivity (Wildman–Crippen MR) is 167 cm³/mol. The van der Waals surface area contributed by atoms with E-state index in [4.69, 9.17) is 22.1 Å². The minimum Gasteiger partial charge on any atom is -0.438 e. The van der Waals surface area contributed by atoms with Crippen LogP contribution in [0, 0.1) is 0 Å². The number of benzene rings is 2. The molecule has 0 bridgehead atoms. The molecule has 1 aliphatic heterocycles. The summed E-state index contributed by atoms with van der Waals surface area (Å²) in [5, 5.41) is 2.60. The molecule has 1 saturated heterocycles. The summed E-state index contributed by atoms with van der Waals surface area (Å²) in [4.78, 5) is 34.3. The fourth-order valence-electron chi connectivity index (χ4n) is 4.77. The summed E-state index contributed by atoms with van der Waals surface area (Å²) < 4.78 is 48.2. The van der Waals surface area contributed by atoms with Crippen molar-refractivity contribution < 1.29 is 22.7 Å². The van der Waals surface area contributed by atoms with E-state index in [1.807, 2.05) is 11.9 Å². The van der Waals surface area contributed by atoms with Crippen LogP contribution in [-0.2, 0) is 12.7 Å². The highest BCUT2D eigenvalue weighted by molar-refractivity contribution is 6.34. The van der Waals surface area contributed by atoms with Crippen molar-refractivity contribution in [2.45, 2.75) is 12.7 Å². The predicted octanol–water partition coefficient (Wildman–Crippen LogP) is 5.63. The van der Waals surface area contributed by atoms with Crippen LogP contribution in [0.15, 0.2) is 65.9 Å². The van der Waals surface area contributed by atoms with E-state index in [0.29, 0.717) is 24.2 Å². The third-order valence-electron chi connectivity index (χ3n) is 7.18. The van der Waals surface area contributed by atoms with Gasteiger partial charge in [-0.15, -0.1) is 0 Å². The maximum atomic E-state index is 14.1. The third-order valence-corrected chi connectivity index (χ3v) is 7.51. The number of piperazine rings is 1. The molecule has 1 amide bonds. The molecule has 2 aromatic carbocycles. The van der Waals surface area contributed by atoms with E-state index in [0.717, 1.165) is 19.2 Å². The van der Waals surface area contributed by atoms with Gasteiger partial charge in [0.05, 0.1) is 21.7 Å². The van der Waals surface area contributed by atoms with E-state index in [9.17, 15) is 18.0 Å². The maximum absolute atomic E-state index is 14.1. The van der Waals surface area contributed by atoms with E-state index in [2.05, 4.69) is 30.2 Å². The van der Waals surface area contributed by atoms with Crippen LogP contribution >= 0.6 is 11.6 Å². The Balaban J connectivity index is 1.39. The number of ether oxygens (including phenoxy) is 1. The monoisotopic (exact) mass is 638 g/mol. The van der Waals surface area contributed by atoms with Gasteiger partial charge in [0.15, 0.2) is 5.82 Å². The van der Waals surface area contributed by atoms with Crippen LogP contribution in [0.1, 0.15) is 27.0 Å². The quantitative estimate of drug-likeness (QED) is 0.238. The van der Waals surface area contributed by atoms with Crippen LogP contribution in [0.25, 0.3) is 11.4 Å². The van der Waals surface area contributed by atoms with Gasteiger partial charge >= 0.3 is 6.18 Å². The Labute approximate surface area is 262 Å². The number of nitrogens with one attached hydrogen (secondary N) is 1. The number of nitrogen functional groups attached to an aromatic ring is 1. The highest BCUT2D eigenvalue weighted by atomic mass is 35.5. The molecule has 2 aromatic heterocycles. The average Bonchev–Trinajstić information content (AvgIpc) is 3.01. The van der Waals surface area contributed by atoms with E-state index in [-0.39, 0.29) is 51.7 Å². The van der Waals surface area contributed by atoms with Crippen molar-refractivity contribution in [3.05, 3.63) is 88.2 Å². The summed E-state index contributed by atoms with van der Waals surface area (Å²) in [5.41, 5.74) is 6.37. The molecule has 0 unspecified atom stereocenters. The summed E-state index contributed by atoms with van der Waals surface area (Å²) in [6.45, 7) is 3.05. The fraction of sp³-hybridized carbons (Fsp3) is 0.258. The highest BCUT2D eigenvalue weighted by Crippen LogP contribution is 2.35. The Morgan fingerprint density at radius 1 is 1.13 bits per heavy atom. The highest BCUT2D eigenvalue weighted by Gasteiger charge is 2.34. The van der Waals surface area contributed by atoms with Gasteiger partial charge in [0.25, 0.3) is 5.91 Å². The molecule has 0 saturated carbocycles. The van der Waals surface area contributed by atoms with Crippen molar-refractivity contribution >= 4 is 35.2 Å². The minimum atomic E-state index is -4.61. The molecule has 5 rings (SSSR count). The molecule has 0 spiro atoms. The number of carbonyl (C=O) groups excluding carboxylic acids is 1. The lowest BCUT2D eigenvalue weighted by atomic mass is 10.0. The number of amides is 1. The summed E-state index contributed by atoms with van der Waals surface area (Å²) in [6.07, 6.45) is 0.00400. The number of halogens is 4. The van der Waals surface area contributed by atoms with E-state index >= 15 is 0 Å². The Hall–Kier alpha value is -4.59. The molecule has 234 valence electrons. The van der Waals surface area contributed by atoms with Crippen molar-refractivity contribution in [1.29, 1.82) is 0 Å². The Morgan fingerprint density at radius 2 is 1.91 bits per heavy atom. The Kier molecular flexibility index (Phi) is 9.61. The molecule has 4 aromatic rings. The van der Waals surface area contributed by atoms with Crippen LogP contribution < -0.4 is 15.8 Å². The molecular formula is C31H30ClF3N8O2. The number of nitrogens with two attached hydrogens (primary N) is 1. The van der Waals surface area contributed by atoms with Crippen molar-refractivity contribution in [3.8, 4) is 23.0 Å². The zero-order valence-corrected chi connectivity index (χ0v) is 25.2. The summed E-state index contributed by atoms with van der Waals surface area (Å²) in [5.74, 6) is -0.130. The molecule has 1 fully saturated rings. The number of hydrogen-bond donors (Lipinski definition) is 2. The van der Waals surface area contributed by atoms with Gasteiger partial charge in [0.1, 0.15) is 11.6 Å². The summed E-state index contributed by atoms with van der Waals surface area (Å²) >= 11 is 6.34. The Bertz CT molecular complexity index is 1710. The smallest absolute Gasteiger partial charge is 0.416 e. The molecule has 0 aliphatic carbocycles. The second-order valence-corrected chi connectivity index (χ2v) is 10.8. The normalized spacial score (nSPS) is 14.5. The first kappa shape index (κ1) is 31.8. The molecule has 14 heteroatoms. The van der Waals surface area contributed by atoms with Crippen molar-refractivity contribution in [2.75, 3.05) is 51.3 Å². The lowest BCUT2D eigenvalue weighted by Crippen LogP contribution is -2.44. The van der Waals surface area contributed by atoms with Crippen molar-refractivity contribution in [1.82, 2.24) is 24.8 Å². The van der Waals surface area contributed by atoms with Crippen LogP contribution in [0.5, 0.6) is 11.6 Å². The zero-order chi connectivity index (χ0) is 32.1. The van der Waals surface area contributed by atoms with E-state index in [1.165, 1.54) is 36.5 Å². The minimum absolute atomic E-state index is 0.0237. The number of pyridine rings is 1. The number of aliphatic imine (C=N–C) groups is 1. The molecule has 3 heterocycles. The number of hydrogen-bond acceptors (Lipinski definition) is 9. The van der Waals surface area contributed by atoms with Crippen molar-refractivity contribution in [3.63, 3.8) is 0 Å². The van der Waals surface area contributed by atoms with Crippen LogP contribution in [0.3, 0.4) is 0 Å². The van der Waals surface area contributed by atoms with Gasteiger partial charge in [-0.1, -0.05) is 17.7 Å². The largest absolute Gasteiger partial charge is 0.438 e. The van der Waals surface area contributed by atoms with E-state index < -0.39 is 17.6 Å². The molecule has 0 atom stereocenters. The molecular weight excluding hydrogens is 609 g/mol. The molecule has 3 N–H and O–H groups in total. The number of anilines is 2. The Morgan fingerprint density at radius 3 is 2.60 bits per heavy atom. The van der Waals surface area contributed by atoms with E-state index in [1.54, 1.807) is 31.6 Å². The molecule has 1 aliphatic rings. The first-order valence-corrected chi connectivity index (χ1v) is 14.3. The van der Waals surface area contributed by atoms with Gasteiger partial charge in [-0.25, -0.2) is 4.98 Å². The second kappa shape index (κ2) is 13.6. The zero-order valence-electron chi connectivity index (χ0n) is 24.5. The molecule has 10 nitrogen and oxygen atoms in total. The van der Waals surface area contributed by atoms with Crippen LogP contribution in [-0.4, -0.2) is 77.1 Å². The van der Waals surface area contributed by atoms with Gasteiger partial charge in [-0.2, -0.15) is 18.2 Å². The maximum Gasteiger partial charge on any atom is 0.416 e. The molecule has 45 heavy (non-hydrogen) atoms. The third kappa shape index (κ3) is 7.74. The second-order valence-electron chi connectivity index (χ2n) is 10.4. The number of carbonyl (C=O) groups is 1. The average molecular weight is 639 g/mol. The fourth-order valence-corrected chi connectivity index (χ4v) is 4.98. The number of likely N-dealkylation sites (N-methyl/N-ethyl adjacent to an activating group) is 1. The van der Waals surface area contributed by atoms with Crippen molar-refractivity contribution in [2.24, 2.45) is 4.99 Å². The van der Waals surface area contributed by atoms with Gasteiger partial charge in [0.2, 0.25) is 5.88 Å². The number of rotatable bonds is 8. The number of alkyl halides is 3. The lowest BCUT2D eigenvalue weighted by molar-refractivity contribution is -0.138. The van der Waals surface area contributed by atoms with Gasteiger partial charge < -0.3 is 20.7 Å². The van der Waals surface area contributed by atoms with Gasteiger partial charge in [-0.3, -0.25) is 19.7 Å². The number of aromatic nitrogens is 3. The van der Waals surface area contributed by atoms with Gasteiger partial charge in [-0.05, 0) is 55.1 Å². The summed E-state index contributed by atoms with van der Waals surface area (Å²) in [6, 6.07) is 11.6. The molecule has 0 radical (unpaired) electrons. The first-order chi connectivity index (χ1) is 21.5. The van der Waals surface area contributed by atoms with Crippen LogP contribution in [0.2, 0.25) is 5.02 Å². The first-order valence-electron chi connectivity index (χ1n) is 13.9. The van der Waals surface area contributed by atoms with Crippen LogP contribution in [0.4, 0.5) is 24.7 Å². The number of nitrogens with zero attached hydrogens (tertiary/aromatic N) is 6. The standard InChI is InChI=1S/C31H30ClF3N8O2/c1-37-17-24-27(36)40-28(19-4-3-9-38-16-19)41-30(24)45-22-7-8-26(32)23(15-22)29(44)39-21-6-5-20(25(14-21)31(33,34)35)18-43-12-10-42(2)11-13-43/h3-9,14-17H,10-13,18H2,1-2H3,(H,39,44)(H2,36,40,41).